The second kappa shape index (κ2) is 3.88. The highest BCUT2D eigenvalue weighted by molar-refractivity contribution is 14.2. The van der Waals surface area contributed by atoms with E-state index in [2.05, 4.69) is 30.8 Å². The number of nitrogens with one attached hydrogen (secondary N) is 1. The second-order valence-electron chi connectivity index (χ2n) is 1.82. The van der Waals surface area contributed by atoms with Crippen molar-refractivity contribution in [3.8, 4) is 0 Å². The number of hydrogen-bond acceptors (Lipinski definition) is 2. The van der Waals surface area contributed by atoms with Crippen LogP contribution in [0, 0.1) is 0 Å². The largest absolute Gasteiger partial charge is 0.279 e. The van der Waals surface area contributed by atoms with Crippen LogP contribution in [0.4, 0.5) is 0 Å². The lowest BCUT2D eigenvalue weighted by molar-refractivity contribution is 0.448. The van der Waals surface area contributed by atoms with Gasteiger partial charge in [-0.05, 0) is 17.1 Å². The second-order valence-corrected chi connectivity index (χ2v) is 3.82. The number of halogens is 1. The first-order valence-corrected chi connectivity index (χ1v) is 5.62. The van der Waals surface area contributed by atoms with Gasteiger partial charge in [0.2, 0.25) is 0 Å². The van der Waals surface area contributed by atoms with Crippen molar-refractivity contribution in [3.63, 3.8) is 0 Å². The summed E-state index contributed by atoms with van der Waals surface area (Å²) in [6.45, 7) is 2.04. The first kappa shape index (κ1) is 7.94. The standard InChI is InChI=1S/C7H11IN2/c1-3-7-4-5-8-6-10(7)9-2/h3-6,9H,1-2H3/b7-3-. The lowest BCUT2D eigenvalue weighted by Gasteiger charge is -2.20. The van der Waals surface area contributed by atoms with Crippen LogP contribution in [0.2, 0.25) is 0 Å². The van der Waals surface area contributed by atoms with E-state index in [0.29, 0.717) is 0 Å². The molecule has 1 aliphatic rings. The van der Waals surface area contributed by atoms with Gasteiger partial charge in [-0.2, -0.15) is 0 Å². The van der Waals surface area contributed by atoms with Gasteiger partial charge in [0.25, 0.3) is 0 Å². The molecule has 56 valence electrons. The van der Waals surface area contributed by atoms with Crippen LogP contribution in [-0.4, -0.2) is 16.2 Å². The molecule has 0 aromatic carbocycles. The van der Waals surface area contributed by atoms with Crippen molar-refractivity contribution < 1.29 is 0 Å². The van der Waals surface area contributed by atoms with E-state index in [1.807, 2.05) is 14.0 Å². The van der Waals surface area contributed by atoms with Crippen LogP contribution in [0.1, 0.15) is 6.92 Å². The average molecular weight is 250 g/mol. The molecule has 0 saturated heterocycles. The molecule has 0 radical (unpaired) electrons. The minimum Gasteiger partial charge on any atom is -0.279 e. The van der Waals surface area contributed by atoms with Gasteiger partial charge in [0.05, 0.1) is 9.83 Å². The predicted octanol–water partition coefficient (Wildman–Crippen LogP) is 1.58. The Hall–Kier alpha value is -0.160. The van der Waals surface area contributed by atoms with Crippen molar-refractivity contribution >= 4 is 24.9 Å². The third kappa shape index (κ3) is 1.67. The Morgan fingerprint density at radius 1 is 1.70 bits per heavy atom. The van der Waals surface area contributed by atoms with Gasteiger partial charge in [0.1, 0.15) is 0 Å². The highest BCUT2D eigenvalue weighted by atomic mass is 127. The average Bonchev–Trinajstić information content (AvgIpc) is 2.04. The predicted molar refractivity (Wildman–Crippen MR) is 53.9 cm³/mol. The van der Waals surface area contributed by atoms with E-state index in [9.17, 15) is 0 Å². The minimum absolute atomic E-state index is 0.152. The maximum atomic E-state index is 3.09. The Bertz CT molecular complexity index is 194. The molecule has 0 fully saturated rings. The summed E-state index contributed by atoms with van der Waals surface area (Å²) >= 11 is 0.152. The molecule has 1 rings (SSSR count). The van der Waals surface area contributed by atoms with Gasteiger partial charge < -0.3 is 0 Å². The fourth-order valence-corrected chi connectivity index (χ4v) is 2.42. The van der Waals surface area contributed by atoms with Crippen molar-refractivity contribution in [1.29, 1.82) is 0 Å². The van der Waals surface area contributed by atoms with E-state index in [1.54, 1.807) is 0 Å². The smallest absolute Gasteiger partial charge is 0.0545 e. The summed E-state index contributed by atoms with van der Waals surface area (Å²) in [5.41, 5.74) is 4.32. The monoisotopic (exact) mass is 250 g/mol. The lowest BCUT2D eigenvalue weighted by Crippen LogP contribution is -2.32. The molecule has 1 aliphatic heterocycles. The van der Waals surface area contributed by atoms with Gasteiger partial charge in [0, 0.05) is 7.05 Å². The first-order valence-electron chi connectivity index (χ1n) is 3.13. The van der Waals surface area contributed by atoms with Crippen LogP contribution in [0.25, 0.3) is 0 Å². The molecule has 0 bridgehead atoms. The minimum atomic E-state index is 0.152. The summed E-state index contributed by atoms with van der Waals surface area (Å²) in [6.07, 6.45) is 4.25. The summed E-state index contributed by atoms with van der Waals surface area (Å²) in [4.78, 5) is 0. The third-order valence-corrected chi connectivity index (χ3v) is 2.93. The van der Waals surface area contributed by atoms with E-state index in [4.69, 9.17) is 0 Å². The highest BCUT2D eigenvalue weighted by Gasteiger charge is 2.00. The topological polar surface area (TPSA) is 15.3 Å². The summed E-state index contributed by atoms with van der Waals surface area (Å²) in [5, 5.41) is 2.06. The lowest BCUT2D eigenvalue weighted by atomic mass is 10.4. The zero-order chi connectivity index (χ0) is 7.40. The Labute approximate surface area is 71.3 Å². The van der Waals surface area contributed by atoms with E-state index in [-0.39, 0.29) is 20.7 Å². The number of hydrogen-bond donors (Lipinski definition) is 1. The number of nitrogens with zero attached hydrogens (tertiary/aromatic N) is 1. The van der Waals surface area contributed by atoms with Crippen LogP contribution in [0.5, 0.6) is 0 Å². The third-order valence-electron chi connectivity index (χ3n) is 1.28. The molecule has 1 N–H and O–H groups in total. The molecule has 0 saturated carbocycles. The fourth-order valence-electron chi connectivity index (χ4n) is 0.740. The van der Waals surface area contributed by atoms with E-state index >= 15 is 0 Å². The molecule has 0 aromatic heterocycles. The van der Waals surface area contributed by atoms with E-state index in [0.717, 1.165) is 0 Å². The van der Waals surface area contributed by atoms with Crippen molar-refractivity contribution in [2.45, 2.75) is 6.92 Å². The maximum Gasteiger partial charge on any atom is 0.0545 e. The number of allylic oxidation sites excluding steroid dienone is 2. The summed E-state index contributed by atoms with van der Waals surface area (Å²) in [5.74, 6) is 0. The quantitative estimate of drug-likeness (QED) is 0.711. The summed E-state index contributed by atoms with van der Waals surface area (Å²) < 4.78 is 4.47. The van der Waals surface area contributed by atoms with Gasteiger partial charge >= 0.3 is 0 Å². The molecule has 0 aromatic rings. The molecule has 0 amide bonds. The molecular weight excluding hydrogens is 239 g/mol. The molecule has 0 spiro atoms. The maximum absolute atomic E-state index is 3.09. The van der Waals surface area contributed by atoms with Crippen LogP contribution in [-0.2, 0) is 0 Å². The van der Waals surface area contributed by atoms with Crippen molar-refractivity contribution in [2.75, 3.05) is 7.05 Å². The highest BCUT2D eigenvalue weighted by Crippen LogP contribution is 2.12. The van der Waals surface area contributed by atoms with Crippen LogP contribution in [0.15, 0.2) is 21.9 Å². The van der Waals surface area contributed by atoms with Crippen LogP contribution in [0.3, 0.4) is 0 Å². The summed E-state index contributed by atoms with van der Waals surface area (Å²) in [7, 11) is 1.93. The van der Waals surface area contributed by atoms with Gasteiger partial charge in [-0.25, -0.2) is 5.43 Å². The van der Waals surface area contributed by atoms with Crippen molar-refractivity contribution in [3.05, 3.63) is 21.9 Å². The molecule has 0 aliphatic carbocycles. The SMILES string of the molecule is C/C=C1/C=CI=CN1NC. The van der Waals surface area contributed by atoms with E-state index in [1.165, 1.54) is 5.70 Å². The molecule has 10 heavy (non-hydrogen) atoms. The molecular formula is C7H11IN2. The molecule has 2 nitrogen and oxygen atoms in total. The fraction of sp³-hybridized carbons (Fsp3) is 0.286. The Balaban J connectivity index is 2.74. The molecule has 1 heterocycles. The van der Waals surface area contributed by atoms with Gasteiger partial charge in [0.15, 0.2) is 0 Å². The van der Waals surface area contributed by atoms with Crippen molar-refractivity contribution in [2.24, 2.45) is 0 Å². The van der Waals surface area contributed by atoms with Gasteiger partial charge in [-0.1, -0.05) is 26.8 Å². The van der Waals surface area contributed by atoms with Crippen molar-refractivity contribution in [1.82, 2.24) is 10.4 Å². The normalized spacial score (nSPS) is 21.4. The van der Waals surface area contributed by atoms with Gasteiger partial charge in [-0.3, -0.25) is 5.01 Å². The molecule has 3 heteroatoms. The van der Waals surface area contributed by atoms with Crippen LogP contribution < -0.4 is 5.43 Å². The zero-order valence-corrected chi connectivity index (χ0v) is 8.29. The number of hydrazine groups is 1. The Morgan fingerprint density at radius 3 is 3.00 bits per heavy atom. The first-order chi connectivity index (χ1) is 4.88. The molecule has 0 unspecified atom stereocenters. The Morgan fingerprint density at radius 2 is 2.50 bits per heavy atom. The van der Waals surface area contributed by atoms with Gasteiger partial charge in [-0.15, -0.1) is 0 Å². The zero-order valence-electron chi connectivity index (χ0n) is 6.13. The number of rotatable bonds is 1. The van der Waals surface area contributed by atoms with E-state index < -0.39 is 0 Å². The van der Waals surface area contributed by atoms with Crippen LogP contribution >= 0.6 is 20.7 Å². The summed E-state index contributed by atoms with van der Waals surface area (Å²) in [6, 6.07) is 0. The Kier molecular flexibility index (Phi) is 3.08. The molecule has 0 atom stereocenters.